The van der Waals surface area contributed by atoms with Gasteiger partial charge in [0.15, 0.2) is 0 Å². The molecule has 0 heterocycles. The second-order valence-electron chi connectivity index (χ2n) is 5.51. The van der Waals surface area contributed by atoms with E-state index in [0.717, 1.165) is 10.6 Å². The summed E-state index contributed by atoms with van der Waals surface area (Å²) in [5.41, 5.74) is 0.494. The van der Waals surface area contributed by atoms with E-state index >= 15 is 0 Å². The highest BCUT2D eigenvalue weighted by Gasteiger charge is 2.21. The van der Waals surface area contributed by atoms with E-state index in [0.29, 0.717) is 5.56 Å². The van der Waals surface area contributed by atoms with Gasteiger partial charge in [-0.25, -0.2) is 12.8 Å². The van der Waals surface area contributed by atoms with E-state index < -0.39 is 33.2 Å². The number of nitro benzene ring substituents is 1. The molecule has 2 aromatic carbocycles. The summed E-state index contributed by atoms with van der Waals surface area (Å²) in [7, 11) is -3.71. The molecular formula is C16H16FN3O5S. The first-order valence-corrected chi connectivity index (χ1v) is 9.24. The Bertz CT molecular complexity index is 916. The maximum atomic E-state index is 13.0. The predicted molar refractivity (Wildman–Crippen MR) is 93.4 cm³/mol. The average Bonchev–Trinajstić information content (AvgIpc) is 2.55. The number of nitrogens with one attached hydrogen (secondary N) is 1. The van der Waals surface area contributed by atoms with E-state index in [9.17, 15) is 27.7 Å². The summed E-state index contributed by atoms with van der Waals surface area (Å²) in [6.07, 6.45) is 0.956. The highest BCUT2D eigenvalue weighted by Crippen LogP contribution is 2.17. The number of hydrogen-bond donors (Lipinski definition) is 1. The summed E-state index contributed by atoms with van der Waals surface area (Å²) in [6, 6.07) is 10.5. The molecule has 26 heavy (non-hydrogen) atoms. The van der Waals surface area contributed by atoms with Crippen LogP contribution in [0.5, 0.6) is 0 Å². The van der Waals surface area contributed by atoms with E-state index in [-0.39, 0.29) is 17.9 Å². The molecule has 1 N–H and O–H groups in total. The Balaban J connectivity index is 2.10. The van der Waals surface area contributed by atoms with Gasteiger partial charge in [-0.2, -0.15) is 4.31 Å². The third kappa shape index (κ3) is 5.60. The molecule has 8 nitrogen and oxygen atoms in total. The number of amides is 1. The van der Waals surface area contributed by atoms with Crippen LogP contribution in [0.25, 0.3) is 0 Å². The molecule has 0 aliphatic rings. The molecule has 138 valence electrons. The van der Waals surface area contributed by atoms with Gasteiger partial charge < -0.3 is 5.32 Å². The second-order valence-corrected chi connectivity index (χ2v) is 7.50. The number of nitro groups is 1. The molecule has 0 aliphatic heterocycles. The molecule has 0 atom stereocenters. The fourth-order valence-corrected chi connectivity index (χ4v) is 2.88. The maximum Gasteiger partial charge on any atom is 0.271 e. The van der Waals surface area contributed by atoms with Crippen molar-refractivity contribution in [3.63, 3.8) is 0 Å². The van der Waals surface area contributed by atoms with E-state index in [1.165, 1.54) is 48.5 Å². The topological polar surface area (TPSA) is 110 Å². The highest BCUT2D eigenvalue weighted by molar-refractivity contribution is 7.88. The zero-order valence-corrected chi connectivity index (χ0v) is 14.6. The number of non-ortho nitro benzene ring substituents is 1. The summed E-state index contributed by atoms with van der Waals surface area (Å²) in [5.74, 6) is -1.11. The van der Waals surface area contributed by atoms with Crippen molar-refractivity contribution in [3.05, 3.63) is 70.0 Å². The van der Waals surface area contributed by atoms with Gasteiger partial charge in [0.2, 0.25) is 15.9 Å². The zero-order valence-electron chi connectivity index (χ0n) is 13.8. The standard InChI is InChI=1S/C16H16FN3O5S/c1-26(24,25)19(10-12-5-7-13(17)8-6-12)11-16(21)18-14-3-2-4-15(9-14)20(22)23/h2-9H,10-11H2,1H3,(H,18,21). The van der Waals surface area contributed by atoms with E-state index in [1.54, 1.807) is 0 Å². The molecule has 0 fully saturated rings. The second kappa shape index (κ2) is 8.02. The van der Waals surface area contributed by atoms with Crippen LogP contribution in [0.4, 0.5) is 15.8 Å². The number of carbonyl (C=O) groups is 1. The predicted octanol–water partition coefficient (Wildman–Crippen LogP) is 2.13. The molecule has 0 unspecified atom stereocenters. The van der Waals surface area contributed by atoms with Gasteiger partial charge in [-0.15, -0.1) is 0 Å². The van der Waals surface area contributed by atoms with Crippen molar-refractivity contribution in [2.75, 3.05) is 18.1 Å². The van der Waals surface area contributed by atoms with E-state index in [4.69, 9.17) is 0 Å². The molecule has 0 bridgehead atoms. The average molecular weight is 381 g/mol. The molecule has 0 saturated heterocycles. The van der Waals surface area contributed by atoms with Gasteiger partial charge in [0.25, 0.3) is 5.69 Å². The molecule has 10 heteroatoms. The molecule has 0 aromatic heterocycles. The first-order chi connectivity index (χ1) is 12.1. The van der Waals surface area contributed by atoms with Crippen LogP contribution in [-0.2, 0) is 21.4 Å². The van der Waals surface area contributed by atoms with Crippen LogP contribution in [0, 0.1) is 15.9 Å². The number of sulfonamides is 1. The summed E-state index contributed by atoms with van der Waals surface area (Å²) in [6.45, 7) is -0.597. The van der Waals surface area contributed by atoms with E-state index in [1.807, 2.05) is 0 Å². The quantitative estimate of drug-likeness (QED) is 0.584. The van der Waals surface area contributed by atoms with Crippen LogP contribution in [0.3, 0.4) is 0 Å². The monoisotopic (exact) mass is 381 g/mol. The van der Waals surface area contributed by atoms with Crippen LogP contribution in [-0.4, -0.2) is 36.4 Å². The maximum absolute atomic E-state index is 13.0. The van der Waals surface area contributed by atoms with Crippen LogP contribution in [0.2, 0.25) is 0 Å². The van der Waals surface area contributed by atoms with Gasteiger partial charge in [0.05, 0.1) is 17.7 Å². The third-order valence-electron chi connectivity index (χ3n) is 3.40. The van der Waals surface area contributed by atoms with Crippen molar-refractivity contribution in [1.29, 1.82) is 0 Å². The number of halogens is 1. The van der Waals surface area contributed by atoms with Gasteiger partial charge in [-0.05, 0) is 23.8 Å². The Morgan fingerprint density at radius 1 is 1.23 bits per heavy atom. The van der Waals surface area contributed by atoms with Crippen molar-refractivity contribution in [1.82, 2.24) is 4.31 Å². The first-order valence-electron chi connectivity index (χ1n) is 7.39. The number of anilines is 1. The van der Waals surface area contributed by atoms with Crippen LogP contribution >= 0.6 is 0 Å². The third-order valence-corrected chi connectivity index (χ3v) is 4.60. The smallest absolute Gasteiger partial charge is 0.271 e. The lowest BCUT2D eigenvalue weighted by Gasteiger charge is -2.19. The first kappa shape index (κ1) is 19.5. The minimum absolute atomic E-state index is 0.110. The number of nitrogens with zero attached hydrogens (tertiary/aromatic N) is 2. The Labute approximate surface area is 149 Å². The van der Waals surface area contributed by atoms with Crippen molar-refractivity contribution in [3.8, 4) is 0 Å². The summed E-state index contributed by atoms with van der Waals surface area (Å²) in [5, 5.41) is 13.2. The number of hydrogen-bond acceptors (Lipinski definition) is 5. The summed E-state index contributed by atoms with van der Waals surface area (Å²) < 4.78 is 37.7. The van der Waals surface area contributed by atoms with Crippen LogP contribution < -0.4 is 5.32 Å². The minimum Gasteiger partial charge on any atom is -0.325 e. The molecule has 2 rings (SSSR count). The molecule has 2 aromatic rings. The van der Waals surface area contributed by atoms with Gasteiger partial charge in [-0.1, -0.05) is 18.2 Å². The molecule has 0 aliphatic carbocycles. The number of carbonyl (C=O) groups excluding carboxylic acids is 1. The minimum atomic E-state index is -3.71. The van der Waals surface area contributed by atoms with Gasteiger partial charge in [-0.3, -0.25) is 14.9 Å². The lowest BCUT2D eigenvalue weighted by molar-refractivity contribution is -0.384. The highest BCUT2D eigenvalue weighted by atomic mass is 32.2. The van der Waals surface area contributed by atoms with Crippen molar-refractivity contribution in [2.45, 2.75) is 6.54 Å². The van der Waals surface area contributed by atoms with E-state index in [2.05, 4.69) is 5.32 Å². The zero-order chi connectivity index (χ0) is 19.3. The largest absolute Gasteiger partial charge is 0.325 e. The summed E-state index contributed by atoms with van der Waals surface area (Å²) >= 11 is 0. The summed E-state index contributed by atoms with van der Waals surface area (Å²) in [4.78, 5) is 22.3. The SMILES string of the molecule is CS(=O)(=O)N(CC(=O)Nc1cccc([N+](=O)[O-])c1)Cc1ccc(F)cc1. The molecule has 0 spiro atoms. The Hall–Kier alpha value is -2.85. The van der Waals surface area contributed by atoms with Crippen molar-refractivity contribution in [2.24, 2.45) is 0 Å². The Kier molecular flexibility index (Phi) is 6.01. The van der Waals surface area contributed by atoms with Gasteiger partial charge in [0, 0.05) is 24.4 Å². The molecule has 0 radical (unpaired) electrons. The van der Waals surface area contributed by atoms with Crippen molar-refractivity contribution < 1.29 is 22.5 Å². The Morgan fingerprint density at radius 3 is 2.46 bits per heavy atom. The lowest BCUT2D eigenvalue weighted by Crippen LogP contribution is -2.36. The van der Waals surface area contributed by atoms with Crippen LogP contribution in [0.1, 0.15) is 5.56 Å². The number of rotatable bonds is 7. The Morgan fingerprint density at radius 2 is 1.88 bits per heavy atom. The van der Waals surface area contributed by atoms with Crippen LogP contribution in [0.15, 0.2) is 48.5 Å². The number of benzene rings is 2. The van der Waals surface area contributed by atoms with Crippen molar-refractivity contribution >= 4 is 27.3 Å². The van der Waals surface area contributed by atoms with Gasteiger partial charge in [0.1, 0.15) is 5.82 Å². The molecular weight excluding hydrogens is 365 g/mol. The molecule has 1 amide bonds. The fraction of sp³-hybridized carbons (Fsp3) is 0.188. The molecule has 0 saturated carbocycles. The lowest BCUT2D eigenvalue weighted by atomic mass is 10.2. The van der Waals surface area contributed by atoms with Gasteiger partial charge >= 0.3 is 0 Å². The fourth-order valence-electron chi connectivity index (χ4n) is 2.14. The normalized spacial score (nSPS) is 11.3.